The number of nitrogens with one attached hydrogen (secondary N) is 1. The molecule has 1 atom stereocenters. The molecular formula is C18H18N2O5S2. The molecule has 0 saturated heterocycles. The zero-order chi connectivity index (χ0) is 19.6. The lowest BCUT2D eigenvalue weighted by atomic mass is 10.1. The van der Waals surface area contributed by atoms with Crippen LogP contribution in [-0.4, -0.2) is 34.9 Å². The lowest BCUT2D eigenvalue weighted by Crippen LogP contribution is -2.23. The number of esters is 1. The fraction of sp³-hybridized carbons (Fsp3) is 0.278. The summed E-state index contributed by atoms with van der Waals surface area (Å²) in [6, 6.07) is 6.35. The van der Waals surface area contributed by atoms with Gasteiger partial charge in [-0.1, -0.05) is 12.1 Å². The van der Waals surface area contributed by atoms with Gasteiger partial charge in [-0.2, -0.15) is 0 Å². The van der Waals surface area contributed by atoms with Crippen LogP contribution in [0.4, 0.5) is 5.00 Å². The molecule has 1 aromatic carbocycles. The van der Waals surface area contributed by atoms with Gasteiger partial charge < -0.3 is 15.8 Å². The van der Waals surface area contributed by atoms with Gasteiger partial charge in [-0.15, -0.1) is 11.3 Å². The Kier molecular flexibility index (Phi) is 5.71. The standard InChI is InChI=1S/C18H18N2O5S2/c1-27(24)13-8-3-2-5-11(13)18(23)25-9-14(21)20-17-15(16(19)22)10-6-4-7-12(10)26-17/h2-3,5,8H,4,6-7,9H2,1H3,(H2,19,22)(H,20,21)/t27-/m0/s1. The number of amides is 2. The van der Waals surface area contributed by atoms with Gasteiger partial charge in [0.1, 0.15) is 5.00 Å². The van der Waals surface area contributed by atoms with Crippen molar-refractivity contribution in [2.45, 2.75) is 24.2 Å². The van der Waals surface area contributed by atoms with Gasteiger partial charge in [-0.25, -0.2) is 4.79 Å². The SMILES string of the molecule is C[S@](=O)c1ccccc1C(=O)OCC(=O)Nc1sc2c(c1C(N)=O)CCC2. The highest BCUT2D eigenvalue weighted by molar-refractivity contribution is 7.84. The number of benzene rings is 1. The highest BCUT2D eigenvalue weighted by Gasteiger charge is 2.26. The number of nitrogens with two attached hydrogens (primary N) is 1. The third-order valence-electron chi connectivity index (χ3n) is 4.17. The molecule has 0 spiro atoms. The summed E-state index contributed by atoms with van der Waals surface area (Å²) in [4.78, 5) is 37.5. The number of hydrogen-bond acceptors (Lipinski definition) is 6. The van der Waals surface area contributed by atoms with Crippen LogP contribution in [0.1, 0.15) is 37.6 Å². The minimum absolute atomic E-state index is 0.152. The van der Waals surface area contributed by atoms with Crippen molar-refractivity contribution in [3.05, 3.63) is 45.8 Å². The third-order valence-corrected chi connectivity index (χ3v) is 6.35. The molecule has 1 aromatic heterocycles. The van der Waals surface area contributed by atoms with E-state index in [4.69, 9.17) is 10.5 Å². The second-order valence-electron chi connectivity index (χ2n) is 6.00. The molecule has 3 N–H and O–H groups in total. The highest BCUT2D eigenvalue weighted by Crippen LogP contribution is 2.38. The molecule has 0 aliphatic heterocycles. The number of hydrogen-bond donors (Lipinski definition) is 2. The highest BCUT2D eigenvalue weighted by atomic mass is 32.2. The van der Waals surface area contributed by atoms with Crippen LogP contribution in [0.25, 0.3) is 0 Å². The smallest absolute Gasteiger partial charge is 0.339 e. The predicted octanol–water partition coefficient (Wildman–Crippen LogP) is 1.87. The Morgan fingerprint density at radius 2 is 2.00 bits per heavy atom. The van der Waals surface area contributed by atoms with Crippen molar-refractivity contribution >= 4 is 44.9 Å². The minimum Gasteiger partial charge on any atom is -0.452 e. The second-order valence-corrected chi connectivity index (χ2v) is 8.45. The van der Waals surface area contributed by atoms with Crippen LogP contribution in [-0.2, 0) is 33.2 Å². The van der Waals surface area contributed by atoms with Gasteiger partial charge in [0.2, 0.25) is 0 Å². The topological polar surface area (TPSA) is 116 Å². The molecule has 2 aromatic rings. The summed E-state index contributed by atoms with van der Waals surface area (Å²) in [5.74, 6) is -1.89. The van der Waals surface area contributed by atoms with Crippen molar-refractivity contribution in [2.24, 2.45) is 5.73 Å². The molecule has 27 heavy (non-hydrogen) atoms. The quantitative estimate of drug-likeness (QED) is 0.711. The molecule has 1 heterocycles. The van der Waals surface area contributed by atoms with Crippen LogP contribution in [0.2, 0.25) is 0 Å². The van der Waals surface area contributed by atoms with Crippen LogP contribution in [0, 0.1) is 0 Å². The van der Waals surface area contributed by atoms with Gasteiger partial charge in [-0.3, -0.25) is 13.8 Å². The Labute approximate surface area is 162 Å². The number of thiophene rings is 1. The molecule has 9 heteroatoms. The average Bonchev–Trinajstić information content (AvgIpc) is 3.19. The molecule has 3 rings (SSSR count). The summed E-state index contributed by atoms with van der Waals surface area (Å²) in [7, 11) is -1.36. The average molecular weight is 406 g/mol. The van der Waals surface area contributed by atoms with E-state index in [1.165, 1.54) is 23.7 Å². The monoisotopic (exact) mass is 406 g/mol. The number of carbonyl (C=O) groups excluding carboxylic acids is 3. The molecule has 0 saturated carbocycles. The van der Waals surface area contributed by atoms with Crippen molar-refractivity contribution in [3.8, 4) is 0 Å². The summed E-state index contributed by atoms with van der Waals surface area (Å²) in [5, 5.41) is 3.00. The maximum absolute atomic E-state index is 12.2. The summed E-state index contributed by atoms with van der Waals surface area (Å²) >= 11 is 1.33. The predicted molar refractivity (Wildman–Crippen MR) is 103 cm³/mol. The van der Waals surface area contributed by atoms with Crippen molar-refractivity contribution in [2.75, 3.05) is 18.2 Å². The molecule has 142 valence electrons. The van der Waals surface area contributed by atoms with E-state index in [-0.39, 0.29) is 5.56 Å². The fourth-order valence-corrected chi connectivity index (χ4v) is 5.05. The maximum atomic E-state index is 12.2. The number of ether oxygens (including phenoxy) is 1. The van der Waals surface area contributed by atoms with Crippen LogP contribution >= 0.6 is 11.3 Å². The summed E-state index contributed by atoms with van der Waals surface area (Å²) < 4.78 is 16.7. The third kappa shape index (κ3) is 4.09. The van der Waals surface area contributed by atoms with Crippen LogP contribution in [0.15, 0.2) is 29.2 Å². The molecule has 2 amide bonds. The summed E-state index contributed by atoms with van der Waals surface area (Å²) in [5.41, 5.74) is 6.85. The second kappa shape index (κ2) is 8.01. The first kappa shape index (κ1) is 19.2. The first-order chi connectivity index (χ1) is 12.9. The molecule has 0 radical (unpaired) electrons. The summed E-state index contributed by atoms with van der Waals surface area (Å²) in [6.07, 6.45) is 4.04. The van der Waals surface area contributed by atoms with E-state index < -0.39 is 35.2 Å². The lowest BCUT2D eigenvalue weighted by molar-refractivity contribution is -0.119. The molecule has 0 fully saturated rings. The first-order valence-corrected chi connectivity index (χ1v) is 10.6. The Bertz CT molecular complexity index is 951. The maximum Gasteiger partial charge on any atom is 0.339 e. The van der Waals surface area contributed by atoms with Gasteiger partial charge in [0, 0.05) is 11.1 Å². The number of aryl methyl sites for hydroxylation is 1. The summed E-state index contributed by atoms with van der Waals surface area (Å²) in [6.45, 7) is -0.524. The largest absolute Gasteiger partial charge is 0.452 e. The number of fused-ring (bicyclic) bond motifs is 1. The molecule has 1 aliphatic carbocycles. The Balaban J connectivity index is 1.67. The van der Waals surface area contributed by atoms with E-state index in [0.29, 0.717) is 15.5 Å². The zero-order valence-corrected chi connectivity index (χ0v) is 16.2. The van der Waals surface area contributed by atoms with E-state index in [2.05, 4.69) is 5.32 Å². The fourth-order valence-electron chi connectivity index (χ4n) is 3.01. The number of anilines is 1. The van der Waals surface area contributed by atoms with Crippen LogP contribution in [0.5, 0.6) is 0 Å². The van der Waals surface area contributed by atoms with E-state index in [1.807, 2.05) is 0 Å². The van der Waals surface area contributed by atoms with Crippen molar-refractivity contribution in [1.82, 2.24) is 0 Å². The number of carbonyl (C=O) groups is 3. The Hall–Kier alpha value is -2.52. The van der Waals surface area contributed by atoms with Crippen LogP contribution in [0.3, 0.4) is 0 Å². The zero-order valence-electron chi connectivity index (χ0n) is 14.6. The molecule has 1 aliphatic rings. The normalized spacial score (nSPS) is 13.7. The first-order valence-electron chi connectivity index (χ1n) is 8.22. The van der Waals surface area contributed by atoms with E-state index in [0.717, 1.165) is 29.7 Å². The van der Waals surface area contributed by atoms with E-state index >= 15 is 0 Å². The molecule has 7 nitrogen and oxygen atoms in total. The van der Waals surface area contributed by atoms with E-state index in [1.54, 1.807) is 18.2 Å². The molecular weight excluding hydrogens is 388 g/mol. The van der Waals surface area contributed by atoms with Crippen LogP contribution < -0.4 is 11.1 Å². The number of rotatable bonds is 6. The van der Waals surface area contributed by atoms with Crippen molar-refractivity contribution in [3.63, 3.8) is 0 Å². The van der Waals surface area contributed by atoms with Gasteiger partial charge in [0.15, 0.2) is 6.61 Å². The lowest BCUT2D eigenvalue weighted by Gasteiger charge is -2.09. The minimum atomic E-state index is -1.36. The van der Waals surface area contributed by atoms with Crippen molar-refractivity contribution in [1.29, 1.82) is 0 Å². The molecule has 0 unspecified atom stereocenters. The van der Waals surface area contributed by atoms with Gasteiger partial charge in [-0.05, 0) is 37.0 Å². The van der Waals surface area contributed by atoms with Gasteiger partial charge >= 0.3 is 5.97 Å². The molecule has 0 bridgehead atoms. The van der Waals surface area contributed by atoms with Gasteiger partial charge in [0.05, 0.1) is 26.8 Å². The van der Waals surface area contributed by atoms with Gasteiger partial charge in [0.25, 0.3) is 11.8 Å². The Morgan fingerprint density at radius 3 is 2.70 bits per heavy atom. The van der Waals surface area contributed by atoms with E-state index in [9.17, 15) is 18.6 Å². The van der Waals surface area contributed by atoms with Crippen molar-refractivity contribution < 1.29 is 23.3 Å². The number of primary amides is 1. The Morgan fingerprint density at radius 1 is 1.26 bits per heavy atom.